The van der Waals surface area contributed by atoms with Gasteiger partial charge in [-0.15, -0.1) is 0 Å². The summed E-state index contributed by atoms with van der Waals surface area (Å²) in [6.45, 7) is 1.80. The summed E-state index contributed by atoms with van der Waals surface area (Å²) in [6, 6.07) is 8.85. The molecule has 2 aromatic rings. The number of hydrogen-bond acceptors (Lipinski definition) is 4. The highest BCUT2D eigenvalue weighted by molar-refractivity contribution is 5.96. The van der Waals surface area contributed by atoms with Crippen molar-refractivity contribution in [3.05, 3.63) is 47.9 Å². The van der Waals surface area contributed by atoms with Crippen LogP contribution in [-0.2, 0) is 6.61 Å². The molecule has 0 saturated carbocycles. The zero-order chi connectivity index (χ0) is 11.4. The van der Waals surface area contributed by atoms with Gasteiger partial charge in [-0.05, 0) is 19.1 Å². The Morgan fingerprint density at radius 3 is 2.88 bits per heavy atom. The molecule has 82 valence electrons. The van der Waals surface area contributed by atoms with E-state index in [1.165, 1.54) is 13.2 Å². The summed E-state index contributed by atoms with van der Waals surface area (Å²) < 4.78 is 10.2. The maximum atomic E-state index is 11.3. The van der Waals surface area contributed by atoms with Crippen LogP contribution in [0.15, 0.2) is 41.1 Å². The van der Waals surface area contributed by atoms with Crippen LogP contribution in [0.1, 0.15) is 23.0 Å². The van der Waals surface area contributed by atoms with Crippen LogP contribution in [0, 0.1) is 0 Å². The Balaban J connectivity index is 2.12. The van der Waals surface area contributed by atoms with Crippen LogP contribution in [0.5, 0.6) is 5.75 Å². The predicted molar refractivity (Wildman–Crippen MR) is 57.3 cm³/mol. The van der Waals surface area contributed by atoms with Gasteiger partial charge in [-0.25, -0.2) is 0 Å². The fraction of sp³-hybridized carbons (Fsp3) is 0.167. The summed E-state index contributed by atoms with van der Waals surface area (Å²) >= 11 is 0. The van der Waals surface area contributed by atoms with Crippen molar-refractivity contribution in [3.8, 4) is 5.75 Å². The van der Waals surface area contributed by atoms with Crippen LogP contribution in [-0.4, -0.2) is 10.9 Å². The van der Waals surface area contributed by atoms with Crippen molar-refractivity contribution in [2.75, 3.05) is 0 Å². The molecule has 0 aliphatic carbocycles. The van der Waals surface area contributed by atoms with Crippen molar-refractivity contribution >= 4 is 5.78 Å². The molecule has 1 aromatic heterocycles. The van der Waals surface area contributed by atoms with E-state index in [1.807, 2.05) is 6.07 Å². The number of aromatic nitrogens is 1. The predicted octanol–water partition coefficient (Wildman–Crippen LogP) is 2.46. The molecule has 0 spiro atoms. The highest BCUT2D eigenvalue weighted by atomic mass is 16.5. The molecule has 0 N–H and O–H groups in total. The molecule has 4 nitrogen and oxygen atoms in total. The summed E-state index contributed by atoms with van der Waals surface area (Å²) in [5.74, 6) is 0.550. The van der Waals surface area contributed by atoms with Crippen LogP contribution in [0.2, 0.25) is 0 Å². The van der Waals surface area contributed by atoms with Crippen molar-refractivity contribution in [3.63, 3.8) is 0 Å². The smallest absolute Gasteiger partial charge is 0.163 e. The minimum absolute atomic E-state index is 0.0178. The van der Waals surface area contributed by atoms with Crippen LogP contribution in [0.3, 0.4) is 0 Å². The lowest BCUT2D eigenvalue weighted by molar-refractivity contribution is 0.101. The van der Waals surface area contributed by atoms with Crippen LogP contribution >= 0.6 is 0 Å². The second-order valence-electron chi connectivity index (χ2n) is 3.33. The molecular formula is C12H11NO3. The monoisotopic (exact) mass is 217 g/mol. The van der Waals surface area contributed by atoms with Gasteiger partial charge in [0.2, 0.25) is 0 Å². The van der Waals surface area contributed by atoms with Gasteiger partial charge in [0.15, 0.2) is 5.78 Å². The lowest BCUT2D eigenvalue weighted by Crippen LogP contribution is -2.01. The molecule has 0 fully saturated rings. The maximum Gasteiger partial charge on any atom is 0.163 e. The first-order chi connectivity index (χ1) is 7.77. The number of carbonyl (C=O) groups excluding carboxylic acids is 1. The highest BCUT2D eigenvalue weighted by Gasteiger charge is 2.07. The van der Waals surface area contributed by atoms with E-state index >= 15 is 0 Å². The van der Waals surface area contributed by atoms with E-state index in [9.17, 15) is 4.79 Å². The van der Waals surface area contributed by atoms with E-state index in [0.717, 1.165) is 0 Å². The average Bonchev–Trinajstić information content (AvgIpc) is 2.79. The second-order valence-corrected chi connectivity index (χ2v) is 3.33. The van der Waals surface area contributed by atoms with Crippen molar-refractivity contribution < 1.29 is 14.1 Å². The number of benzene rings is 1. The number of para-hydroxylation sites is 1. The van der Waals surface area contributed by atoms with Crippen LogP contribution in [0.25, 0.3) is 0 Å². The number of nitrogens with zero attached hydrogens (tertiary/aromatic N) is 1. The number of rotatable bonds is 4. The van der Waals surface area contributed by atoms with Gasteiger partial charge in [-0.2, -0.15) is 0 Å². The Bertz CT molecular complexity index is 477. The third-order valence-corrected chi connectivity index (χ3v) is 2.13. The molecular weight excluding hydrogens is 206 g/mol. The summed E-state index contributed by atoms with van der Waals surface area (Å²) in [5.41, 5.74) is 1.27. The summed E-state index contributed by atoms with van der Waals surface area (Å²) in [7, 11) is 0. The highest BCUT2D eigenvalue weighted by Crippen LogP contribution is 2.19. The van der Waals surface area contributed by atoms with E-state index in [4.69, 9.17) is 4.74 Å². The fourth-order valence-electron chi connectivity index (χ4n) is 1.35. The van der Waals surface area contributed by atoms with Gasteiger partial charge in [-0.1, -0.05) is 17.3 Å². The van der Waals surface area contributed by atoms with E-state index in [-0.39, 0.29) is 5.78 Å². The molecule has 16 heavy (non-hydrogen) atoms. The maximum absolute atomic E-state index is 11.3. The molecule has 1 aromatic carbocycles. The lowest BCUT2D eigenvalue weighted by Gasteiger charge is -2.07. The molecule has 0 aliphatic heterocycles. The van der Waals surface area contributed by atoms with Crippen molar-refractivity contribution in [2.45, 2.75) is 13.5 Å². The summed E-state index contributed by atoms with van der Waals surface area (Å²) in [4.78, 5) is 11.3. The molecule has 2 rings (SSSR count). The van der Waals surface area contributed by atoms with Gasteiger partial charge in [0.25, 0.3) is 0 Å². The van der Waals surface area contributed by atoms with Crippen molar-refractivity contribution in [2.24, 2.45) is 0 Å². The molecule has 0 atom stereocenters. The zero-order valence-corrected chi connectivity index (χ0v) is 8.84. The standard InChI is InChI=1S/C12H11NO3/c1-9(14)11-4-2-3-5-12(11)15-8-10-6-7-16-13-10/h2-7H,8H2,1H3. The second kappa shape index (κ2) is 4.61. The Kier molecular flexibility index (Phi) is 3.00. The van der Waals surface area contributed by atoms with Gasteiger partial charge >= 0.3 is 0 Å². The molecule has 0 bridgehead atoms. The third-order valence-electron chi connectivity index (χ3n) is 2.13. The quantitative estimate of drug-likeness (QED) is 0.738. The minimum Gasteiger partial charge on any atom is -0.486 e. The van der Waals surface area contributed by atoms with Gasteiger partial charge in [-0.3, -0.25) is 4.79 Å². The van der Waals surface area contributed by atoms with Gasteiger partial charge in [0, 0.05) is 6.07 Å². The number of ether oxygens (including phenoxy) is 1. The Hall–Kier alpha value is -2.10. The number of ketones is 1. The summed E-state index contributed by atoms with van der Waals surface area (Å²) in [6.07, 6.45) is 1.48. The number of hydrogen-bond donors (Lipinski definition) is 0. The van der Waals surface area contributed by atoms with Crippen molar-refractivity contribution in [1.82, 2.24) is 5.16 Å². The Labute approximate surface area is 92.8 Å². The zero-order valence-electron chi connectivity index (χ0n) is 8.84. The van der Waals surface area contributed by atoms with E-state index in [0.29, 0.717) is 23.6 Å². The van der Waals surface area contributed by atoms with E-state index < -0.39 is 0 Å². The fourth-order valence-corrected chi connectivity index (χ4v) is 1.35. The third kappa shape index (κ3) is 2.28. The van der Waals surface area contributed by atoms with Gasteiger partial charge in [0.1, 0.15) is 24.3 Å². The Morgan fingerprint density at radius 2 is 2.19 bits per heavy atom. The normalized spacial score (nSPS) is 10.1. The van der Waals surface area contributed by atoms with E-state index in [1.54, 1.807) is 24.3 Å². The largest absolute Gasteiger partial charge is 0.486 e. The number of carbonyl (C=O) groups is 1. The molecule has 0 amide bonds. The Morgan fingerprint density at radius 1 is 1.38 bits per heavy atom. The van der Waals surface area contributed by atoms with Crippen molar-refractivity contribution in [1.29, 1.82) is 0 Å². The first-order valence-corrected chi connectivity index (χ1v) is 4.89. The van der Waals surface area contributed by atoms with Crippen LogP contribution < -0.4 is 4.74 Å². The lowest BCUT2D eigenvalue weighted by atomic mass is 10.1. The SMILES string of the molecule is CC(=O)c1ccccc1OCc1ccon1. The topological polar surface area (TPSA) is 52.3 Å². The molecule has 1 heterocycles. The first-order valence-electron chi connectivity index (χ1n) is 4.89. The minimum atomic E-state index is -0.0178. The first kappa shape index (κ1) is 10.4. The van der Waals surface area contributed by atoms with Crippen LogP contribution in [0.4, 0.5) is 0 Å². The number of Topliss-reactive ketones (excluding diaryl/α,β-unsaturated/α-hetero) is 1. The molecule has 0 aliphatic rings. The molecule has 0 saturated heterocycles. The molecule has 0 radical (unpaired) electrons. The van der Waals surface area contributed by atoms with Gasteiger partial charge < -0.3 is 9.26 Å². The summed E-state index contributed by atoms with van der Waals surface area (Å²) in [5, 5.41) is 3.72. The average molecular weight is 217 g/mol. The molecule has 0 unspecified atom stereocenters. The van der Waals surface area contributed by atoms with E-state index in [2.05, 4.69) is 9.68 Å². The molecule has 4 heteroatoms. The van der Waals surface area contributed by atoms with Gasteiger partial charge in [0.05, 0.1) is 5.56 Å².